The van der Waals surface area contributed by atoms with Gasteiger partial charge in [0.15, 0.2) is 0 Å². The number of benzene rings is 3. The zero-order valence-electron chi connectivity index (χ0n) is 19.6. The van der Waals surface area contributed by atoms with Crippen LogP contribution >= 0.6 is 0 Å². The molecule has 35 heavy (non-hydrogen) atoms. The van der Waals surface area contributed by atoms with Crippen LogP contribution in [-0.2, 0) is 9.59 Å². The lowest BCUT2D eigenvalue weighted by Crippen LogP contribution is -2.37. The Labute approximate surface area is 203 Å². The Balaban J connectivity index is 1.44. The fourth-order valence-corrected chi connectivity index (χ4v) is 4.79. The summed E-state index contributed by atoms with van der Waals surface area (Å²) < 4.78 is 13.7. The van der Waals surface area contributed by atoms with Crippen molar-refractivity contribution < 1.29 is 14.0 Å². The summed E-state index contributed by atoms with van der Waals surface area (Å²) >= 11 is 0. The number of nitrogens with zero attached hydrogens (tertiary/aromatic N) is 1. The highest BCUT2D eigenvalue weighted by molar-refractivity contribution is 6.01. The van der Waals surface area contributed by atoms with Crippen LogP contribution in [-0.4, -0.2) is 37.4 Å². The van der Waals surface area contributed by atoms with Crippen molar-refractivity contribution in [1.82, 2.24) is 10.3 Å². The second kappa shape index (κ2) is 9.25. The predicted molar refractivity (Wildman–Crippen MR) is 136 cm³/mol. The van der Waals surface area contributed by atoms with Crippen molar-refractivity contribution in [2.45, 2.75) is 18.3 Å². The van der Waals surface area contributed by atoms with Crippen LogP contribution in [0.3, 0.4) is 0 Å². The lowest BCUT2D eigenvalue weighted by atomic mass is 9.88. The van der Waals surface area contributed by atoms with Gasteiger partial charge in [-0.05, 0) is 47.0 Å². The molecule has 1 aliphatic rings. The minimum absolute atomic E-state index is 0.0275. The number of anilines is 2. The number of nitrogens with one attached hydrogen (secondary N) is 3. The standard InChI is InChI=1S/C28H27FN4O2/c1-33(2)19-10-7-17(8-11-19)23(24-16-30-25-6-4-3-5-20(24)25)15-31-28(35)22-14-27(34)32-26-13-18(29)9-12-21(22)26/h3-13,16,22-23,30H,14-15H2,1-2H3,(H,31,35)(H,32,34)/t22-,23-/m1/s1. The van der Waals surface area contributed by atoms with Gasteiger partial charge in [-0.3, -0.25) is 9.59 Å². The fraction of sp³-hybridized carbons (Fsp3) is 0.214. The number of carbonyl (C=O) groups excluding carboxylic acids is 2. The van der Waals surface area contributed by atoms with Gasteiger partial charge in [0.2, 0.25) is 11.8 Å². The predicted octanol–water partition coefficient (Wildman–Crippen LogP) is 4.75. The molecule has 6 nitrogen and oxygen atoms in total. The van der Waals surface area contributed by atoms with E-state index in [2.05, 4.69) is 45.9 Å². The van der Waals surface area contributed by atoms with Gasteiger partial charge < -0.3 is 20.5 Å². The number of rotatable bonds is 6. The Kier molecular flexibility index (Phi) is 5.99. The molecule has 0 radical (unpaired) electrons. The van der Waals surface area contributed by atoms with Crippen molar-refractivity contribution in [3.8, 4) is 0 Å². The van der Waals surface area contributed by atoms with E-state index in [0.29, 0.717) is 17.8 Å². The van der Waals surface area contributed by atoms with Crippen LogP contribution in [0.15, 0.2) is 72.9 Å². The molecular formula is C28H27FN4O2. The molecule has 0 spiro atoms. The molecule has 178 valence electrons. The molecule has 0 aliphatic carbocycles. The van der Waals surface area contributed by atoms with Gasteiger partial charge in [-0.25, -0.2) is 4.39 Å². The van der Waals surface area contributed by atoms with E-state index in [1.807, 2.05) is 43.4 Å². The largest absolute Gasteiger partial charge is 0.378 e. The maximum Gasteiger partial charge on any atom is 0.228 e. The third kappa shape index (κ3) is 4.49. The first-order chi connectivity index (χ1) is 16.9. The Hall–Kier alpha value is -4.13. The van der Waals surface area contributed by atoms with E-state index >= 15 is 0 Å². The van der Waals surface area contributed by atoms with E-state index in [0.717, 1.165) is 27.7 Å². The molecule has 0 fully saturated rings. The van der Waals surface area contributed by atoms with Gasteiger partial charge in [-0.1, -0.05) is 36.4 Å². The van der Waals surface area contributed by atoms with Gasteiger partial charge in [0.1, 0.15) is 5.82 Å². The number of aromatic nitrogens is 1. The molecule has 0 unspecified atom stereocenters. The average molecular weight is 471 g/mol. The van der Waals surface area contributed by atoms with E-state index in [9.17, 15) is 14.0 Å². The summed E-state index contributed by atoms with van der Waals surface area (Å²) in [5, 5.41) is 6.84. The molecule has 7 heteroatoms. The Morgan fingerprint density at radius 3 is 2.66 bits per heavy atom. The highest BCUT2D eigenvalue weighted by Crippen LogP contribution is 2.34. The molecule has 2 heterocycles. The molecule has 4 aromatic rings. The summed E-state index contributed by atoms with van der Waals surface area (Å²) in [5.41, 5.74) is 5.26. The van der Waals surface area contributed by atoms with Crippen molar-refractivity contribution in [2.24, 2.45) is 0 Å². The first kappa shape index (κ1) is 22.7. The molecule has 0 saturated heterocycles. The topological polar surface area (TPSA) is 77.2 Å². The number of hydrogen-bond acceptors (Lipinski definition) is 3. The zero-order chi connectivity index (χ0) is 24.5. The number of H-pyrrole nitrogens is 1. The van der Waals surface area contributed by atoms with Crippen LogP contribution in [0, 0.1) is 5.82 Å². The molecule has 2 amide bonds. The Bertz CT molecular complexity index is 1390. The third-order valence-electron chi connectivity index (χ3n) is 6.66. The molecule has 1 aliphatic heterocycles. The van der Waals surface area contributed by atoms with Crippen molar-refractivity contribution >= 4 is 34.1 Å². The normalized spacial score (nSPS) is 15.9. The van der Waals surface area contributed by atoms with Crippen LogP contribution < -0.4 is 15.5 Å². The van der Waals surface area contributed by atoms with Gasteiger partial charge in [-0.15, -0.1) is 0 Å². The Morgan fingerprint density at radius 2 is 1.89 bits per heavy atom. The maximum atomic E-state index is 13.7. The van der Waals surface area contributed by atoms with Crippen molar-refractivity contribution in [3.05, 3.63) is 95.4 Å². The summed E-state index contributed by atoms with van der Waals surface area (Å²) in [6.45, 7) is 0.358. The van der Waals surface area contributed by atoms with E-state index in [-0.39, 0.29) is 24.2 Å². The van der Waals surface area contributed by atoms with Gasteiger partial charge >= 0.3 is 0 Å². The molecule has 3 aromatic carbocycles. The van der Waals surface area contributed by atoms with Crippen molar-refractivity contribution in [3.63, 3.8) is 0 Å². The Morgan fingerprint density at radius 1 is 1.11 bits per heavy atom. The number of amides is 2. The lowest BCUT2D eigenvalue weighted by Gasteiger charge is -2.26. The minimum atomic E-state index is -0.668. The van der Waals surface area contributed by atoms with Crippen LogP contribution in [0.5, 0.6) is 0 Å². The van der Waals surface area contributed by atoms with Crippen LogP contribution in [0.2, 0.25) is 0 Å². The third-order valence-corrected chi connectivity index (χ3v) is 6.66. The molecule has 5 rings (SSSR count). The summed E-state index contributed by atoms with van der Waals surface area (Å²) in [4.78, 5) is 30.9. The van der Waals surface area contributed by atoms with Crippen LogP contribution in [0.4, 0.5) is 15.8 Å². The quantitative estimate of drug-likeness (QED) is 0.381. The minimum Gasteiger partial charge on any atom is -0.378 e. The smallest absolute Gasteiger partial charge is 0.228 e. The first-order valence-electron chi connectivity index (χ1n) is 11.6. The van der Waals surface area contributed by atoms with Gasteiger partial charge in [0.25, 0.3) is 0 Å². The van der Waals surface area contributed by atoms with E-state index in [1.54, 1.807) is 6.07 Å². The number of aromatic amines is 1. The number of hydrogen-bond donors (Lipinski definition) is 3. The monoisotopic (exact) mass is 470 g/mol. The molecule has 3 N–H and O–H groups in total. The molecule has 0 bridgehead atoms. The molecule has 2 atom stereocenters. The highest BCUT2D eigenvalue weighted by Gasteiger charge is 2.31. The summed E-state index contributed by atoms with van der Waals surface area (Å²) in [5.74, 6) is -1.76. The lowest BCUT2D eigenvalue weighted by molar-refractivity contribution is -0.126. The summed E-state index contributed by atoms with van der Waals surface area (Å²) in [6.07, 6.45) is 2.02. The second-order valence-electron chi connectivity index (χ2n) is 9.11. The highest BCUT2D eigenvalue weighted by atomic mass is 19.1. The summed E-state index contributed by atoms with van der Waals surface area (Å²) in [7, 11) is 3.99. The van der Waals surface area contributed by atoms with Gasteiger partial charge in [-0.2, -0.15) is 0 Å². The van der Waals surface area contributed by atoms with Crippen LogP contribution in [0.1, 0.15) is 34.9 Å². The first-order valence-corrected chi connectivity index (χ1v) is 11.6. The second-order valence-corrected chi connectivity index (χ2v) is 9.11. The average Bonchev–Trinajstić information content (AvgIpc) is 3.27. The van der Waals surface area contributed by atoms with Gasteiger partial charge in [0.05, 0.1) is 5.92 Å². The number of fused-ring (bicyclic) bond motifs is 2. The molecule has 0 saturated carbocycles. The van der Waals surface area contributed by atoms with Crippen LogP contribution in [0.25, 0.3) is 10.9 Å². The number of para-hydroxylation sites is 1. The zero-order valence-corrected chi connectivity index (χ0v) is 19.6. The van der Waals surface area contributed by atoms with Crippen molar-refractivity contribution in [2.75, 3.05) is 30.9 Å². The molecular weight excluding hydrogens is 443 g/mol. The SMILES string of the molecule is CN(C)c1ccc([C@@H](CNC(=O)[C@@H]2CC(=O)Nc3cc(F)ccc32)c2c[nH]c3ccccc23)cc1. The van der Waals surface area contributed by atoms with Gasteiger partial charge in [0, 0.05) is 61.5 Å². The fourth-order valence-electron chi connectivity index (χ4n) is 4.79. The maximum absolute atomic E-state index is 13.7. The van der Waals surface area contributed by atoms with E-state index < -0.39 is 11.7 Å². The van der Waals surface area contributed by atoms with E-state index in [4.69, 9.17) is 0 Å². The van der Waals surface area contributed by atoms with E-state index in [1.165, 1.54) is 12.1 Å². The molecule has 1 aromatic heterocycles. The number of carbonyl (C=O) groups is 2. The number of halogens is 1. The van der Waals surface area contributed by atoms with Crippen molar-refractivity contribution in [1.29, 1.82) is 0 Å². The summed E-state index contributed by atoms with van der Waals surface area (Å²) in [6, 6.07) is 20.5.